The van der Waals surface area contributed by atoms with Crippen molar-refractivity contribution in [3.05, 3.63) is 30.0 Å². The number of aryl methyl sites for hydroxylation is 2. The van der Waals surface area contributed by atoms with E-state index in [4.69, 9.17) is 5.73 Å². The second kappa shape index (κ2) is 4.82. The molecule has 0 unspecified atom stereocenters. The van der Waals surface area contributed by atoms with Crippen LogP contribution in [0.2, 0.25) is 0 Å². The van der Waals surface area contributed by atoms with Gasteiger partial charge in [0.25, 0.3) is 0 Å². The third kappa shape index (κ3) is 2.52. The summed E-state index contributed by atoms with van der Waals surface area (Å²) >= 11 is 0. The molecule has 0 aromatic carbocycles. The summed E-state index contributed by atoms with van der Waals surface area (Å²) in [4.78, 5) is 7.93. The van der Waals surface area contributed by atoms with Crippen molar-refractivity contribution in [1.82, 2.24) is 19.7 Å². The highest BCUT2D eigenvalue weighted by Crippen LogP contribution is 2.14. The third-order valence-corrected chi connectivity index (χ3v) is 2.51. The lowest BCUT2D eigenvalue weighted by Gasteiger charge is -2.06. The Labute approximate surface area is 99.9 Å². The highest BCUT2D eigenvalue weighted by Gasteiger charge is 2.06. The largest absolute Gasteiger partial charge is 0.394 e. The van der Waals surface area contributed by atoms with Gasteiger partial charge in [-0.3, -0.25) is 4.68 Å². The molecule has 3 N–H and O–H groups in total. The molecule has 0 saturated carbocycles. The summed E-state index contributed by atoms with van der Waals surface area (Å²) in [6, 6.07) is 0. The molecule has 2 aromatic rings. The predicted molar refractivity (Wildman–Crippen MR) is 66.4 cm³/mol. The van der Waals surface area contributed by atoms with Crippen LogP contribution in [0.25, 0.3) is 0 Å². The molecule has 0 aliphatic heterocycles. The van der Waals surface area contributed by atoms with Gasteiger partial charge in [0.2, 0.25) is 0 Å². The normalized spacial score (nSPS) is 10.5. The van der Waals surface area contributed by atoms with E-state index in [0.29, 0.717) is 18.1 Å². The number of nitrogen functional groups attached to an aromatic ring is 1. The van der Waals surface area contributed by atoms with Crippen LogP contribution >= 0.6 is 0 Å². The van der Waals surface area contributed by atoms with Crippen LogP contribution < -0.4 is 11.1 Å². The van der Waals surface area contributed by atoms with E-state index in [0.717, 1.165) is 17.7 Å². The fourth-order valence-electron chi connectivity index (χ4n) is 1.70. The lowest BCUT2D eigenvalue weighted by molar-refractivity contribution is 0.746. The molecule has 2 rings (SSSR count). The molecule has 2 heterocycles. The van der Waals surface area contributed by atoms with Gasteiger partial charge in [-0.05, 0) is 6.42 Å². The number of hydrogen-bond donors (Lipinski definition) is 2. The molecular weight excluding hydrogens is 216 g/mol. The molecule has 0 atom stereocenters. The molecule has 0 spiro atoms. The molecule has 0 bridgehead atoms. The molecule has 0 saturated heterocycles. The Balaban J connectivity index is 2.09. The Morgan fingerprint density at radius 3 is 3.00 bits per heavy atom. The summed E-state index contributed by atoms with van der Waals surface area (Å²) in [5.74, 6) is 0.658. The Kier molecular flexibility index (Phi) is 3.22. The van der Waals surface area contributed by atoms with Gasteiger partial charge >= 0.3 is 0 Å². The van der Waals surface area contributed by atoms with Crippen LogP contribution in [0.4, 0.5) is 11.5 Å². The number of nitrogens with two attached hydrogens (primary N) is 1. The Hall–Kier alpha value is -2.11. The van der Waals surface area contributed by atoms with E-state index in [1.807, 2.05) is 17.9 Å². The van der Waals surface area contributed by atoms with Crippen molar-refractivity contribution < 1.29 is 0 Å². The molecule has 0 aliphatic carbocycles. The van der Waals surface area contributed by atoms with E-state index < -0.39 is 0 Å². The number of anilines is 2. The van der Waals surface area contributed by atoms with Crippen molar-refractivity contribution in [3.63, 3.8) is 0 Å². The zero-order valence-electron chi connectivity index (χ0n) is 10.0. The fraction of sp³-hybridized carbons (Fsp3) is 0.364. The van der Waals surface area contributed by atoms with Crippen molar-refractivity contribution in [2.75, 3.05) is 11.1 Å². The first-order chi connectivity index (χ1) is 8.20. The number of hydrogen-bond acceptors (Lipinski definition) is 5. The average molecular weight is 232 g/mol. The van der Waals surface area contributed by atoms with E-state index >= 15 is 0 Å². The zero-order chi connectivity index (χ0) is 12.3. The number of nitrogens with one attached hydrogen (secondary N) is 1. The maximum absolute atomic E-state index is 5.75. The lowest BCUT2D eigenvalue weighted by Crippen LogP contribution is -2.05. The highest BCUT2D eigenvalue weighted by molar-refractivity contribution is 5.59. The van der Waals surface area contributed by atoms with Crippen LogP contribution in [0.1, 0.15) is 18.2 Å². The van der Waals surface area contributed by atoms with Crippen molar-refractivity contribution in [2.24, 2.45) is 7.05 Å². The monoisotopic (exact) mass is 232 g/mol. The first-order valence-corrected chi connectivity index (χ1v) is 5.51. The van der Waals surface area contributed by atoms with Crippen LogP contribution in [0, 0.1) is 0 Å². The van der Waals surface area contributed by atoms with Gasteiger partial charge in [-0.15, -0.1) is 0 Å². The minimum atomic E-state index is 0.550. The van der Waals surface area contributed by atoms with Gasteiger partial charge in [-0.2, -0.15) is 5.10 Å². The SMILES string of the molecule is CCc1nn(C)cc1CNc1ncncc1N. The minimum absolute atomic E-state index is 0.550. The van der Waals surface area contributed by atoms with E-state index in [1.165, 1.54) is 6.33 Å². The molecule has 0 aliphatic rings. The van der Waals surface area contributed by atoms with E-state index in [2.05, 4.69) is 27.3 Å². The van der Waals surface area contributed by atoms with Crippen molar-refractivity contribution in [1.29, 1.82) is 0 Å². The second-order valence-corrected chi connectivity index (χ2v) is 3.81. The van der Waals surface area contributed by atoms with Crippen molar-refractivity contribution in [2.45, 2.75) is 19.9 Å². The highest BCUT2D eigenvalue weighted by atomic mass is 15.3. The van der Waals surface area contributed by atoms with Crippen LogP contribution in [-0.4, -0.2) is 19.7 Å². The summed E-state index contributed by atoms with van der Waals surface area (Å²) in [5, 5.41) is 7.56. The zero-order valence-corrected chi connectivity index (χ0v) is 10.0. The van der Waals surface area contributed by atoms with Gasteiger partial charge in [0, 0.05) is 25.4 Å². The fourth-order valence-corrected chi connectivity index (χ4v) is 1.70. The third-order valence-electron chi connectivity index (χ3n) is 2.51. The van der Waals surface area contributed by atoms with E-state index in [9.17, 15) is 0 Å². The van der Waals surface area contributed by atoms with Gasteiger partial charge in [-0.1, -0.05) is 6.92 Å². The first kappa shape index (κ1) is 11.4. The number of rotatable bonds is 4. The molecule has 0 fully saturated rings. The molecule has 0 radical (unpaired) electrons. The summed E-state index contributed by atoms with van der Waals surface area (Å²) < 4.78 is 1.82. The quantitative estimate of drug-likeness (QED) is 0.820. The standard InChI is InChI=1S/C11H16N6/c1-3-10-8(6-17(2)16-10)4-14-11-9(12)5-13-7-15-11/h5-7H,3-4,12H2,1-2H3,(H,13,14,15). The Bertz CT molecular complexity index is 504. The molecule has 6 nitrogen and oxygen atoms in total. The van der Waals surface area contributed by atoms with Gasteiger partial charge in [0.15, 0.2) is 5.82 Å². The molecule has 17 heavy (non-hydrogen) atoms. The maximum atomic E-state index is 5.75. The second-order valence-electron chi connectivity index (χ2n) is 3.81. The van der Waals surface area contributed by atoms with Gasteiger partial charge < -0.3 is 11.1 Å². The van der Waals surface area contributed by atoms with Gasteiger partial charge in [0.05, 0.1) is 17.6 Å². The summed E-state index contributed by atoms with van der Waals surface area (Å²) in [6.07, 6.45) is 5.97. The summed E-state index contributed by atoms with van der Waals surface area (Å²) in [7, 11) is 1.92. The van der Waals surface area contributed by atoms with Crippen molar-refractivity contribution >= 4 is 11.5 Å². The molecule has 0 amide bonds. The molecule has 6 heteroatoms. The van der Waals surface area contributed by atoms with Gasteiger partial charge in [-0.25, -0.2) is 9.97 Å². The maximum Gasteiger partial charge on any atom is 0.152 e. The van der Waals surface area contributed by atoms with Gasteiger partial charge in [0.1, 0.15) is 6.33 Å². The lowest BCUT2D eigenvalue weighted by atomic mass is 10.2. The summed E-state index contributed by atoms with van der Waals surface area (Å²) in [6.45, 7) is 2.75. The van der Waals surface area contributed by atoms with Crippen LogP contribution in [0.15, 0.2) is 18.7 Å². The smallest absolute Gasteiger partial charge is 0.152 e. The van der Waals surface area contributed by atoms with Crippen molar-refractivity contribution in [3.8, 4) is 0 Å². The average Bonchev–Trinajstić information content (AvgIpc) is 2.69. The Morgan fingerprint density at radius 1 is 1.47 bits per heavy atom. The Morgan fingerprint density at radius 2 is 2.29 bits per heavy atom. The van der Waals surface area contributed by atoms with Crippen LogP contribution in [0.5, 0.6) is 0 Å². The van der Waals surface area contributed by atoms with E-state index in [-0.39, 0.29) is 0 Å². The predicted octanol–water partition coefficient (Wildman–Crippen LogP) is 0.967. The topological polar surface area (TPSA) is 81.7 Å². The minimum Gasteiger partial charge on any atom is -0.394 e. The summed E-state index contributed by atoms with van der Waals surface area (Å²) in [5.41, 5.74) is 8.55. The first-order valence-electron chi connectivity index (χ1n) is 5.51. The van der Waals surface area contributed by atoms with Crippen LogP contribution in [-0.2, 0) is 20.0 Å². The van der Waals surface area contributed by atoms with E-state index in [1.54, 1.807) is 6.20 Å². The molecule has 2 aromatic heterocycles. The number of aromatic nitrogens is 4. The number of nitrogens with zero attached hydrogens (tertiary/aromatic N) is 4. The van der Waals surface area contributed by atoms with Crippen LogP contribution in [0.3, 0.4) is 0 Å². The molecule has 90 valence electrons. The molecular formula is C11H16N6.